The van der Waals surface area contributed by atoms with E-state index in [1.807, 2.05) is 13.1 Å². The number of nitrogens with zero attached hydrogens (tertiary/aromatic N) is 3. The lowest BCUT2D eigenvalue weighted by Crippen LogP contribution is -2.24. The van der Waals surface area contributed by atoms with Crippen molar-refractivity contribution >= 4 is 5.91 Å². The Hall–Kier alpha value is -2.24. The maximum absolute atomic E-state index is 13.3. The maximum atomic E-state index is 13.3. The summed E-state index contributed by atoms with van der Waals surface area (Å²) < 4.78 is 14.9. The van der Waals surface area contributed by atoms with Gasteiger partial charge in [0.05, 0.1) is 11.3 Å². The van der Waals surface area contributed by atoms with Crippen LogP contribution < -0.4 is 5.32 Å². The molecule has 18 heavy (non-hydrogen) atoms. The molecule has 0 aromatic carbocycles. The summed E-state index contributed by atoms with van der Waals surface area (Å²) in [5.74, 6) is -1.25. The van der Waals surface area contributed by atoms with Crippen LogP contribution in [-0.4, -0.2) is 20.7 Å². The fraction of sp³-hybridized carbons (Fsp3) is 0.250. The van der Waals surface area contributed by atoms with Crippen molar-refractivity contribution < 1.29 is 9.18 Å². The van der Waals surface area contributed by atoms with E-state index in [1.165, 1.54) is 18.3 Å². The number of rotatable bonds is 3. The van der Waals surface area contributed by atoms with Crippen molar-refractivity contribution in [3.63, 3.8) is 0 Å². The van der Waals surface area contributed by atoms with Crippen LogP contribution in [0.1, 0.15) is 21.6 Å². The Kier molecular flexibility index (Phi) is 3.36. The molecule has 1 amide bonds. The zero-order valence-electron chi connectivity index (χ0n) is 10.1. The number of carbonyl (C=O) groups is 1. The Morgan fingerprint density at radius 3 is 2.94 bits per heavy atom. The summed E-state index contributed by atoms with van der Waals surface area (Å²) in [5, 5.41) is 6.80. The topological polar surface area (TPSA) is 59.8 Å². The average Bonchev–Trinajstić information content (AvgIpc) is 2.65. The van der Waals surface area contributed by atoms with Crippen LogP contribution >= 0.6 is 0 Å². The van der Waals surface area contributed by atoms with Gasteiger partial charge in [-0.15, -0.1) is 0 Å². The molecule has 0 aliphatic rings. The molecule has 5 nitrogen and oxygen atoms in total. The number of hydrogen-bond donors (Lipinski definition) is 1. The third-order valence-electron chi connectivity index (χ3n) is 2.56. The quantitative estimate of drug-likeness (QED) is 0.830. The highest BCUT2D eigenvalue weighted by Crippen LogP contribution is 2.06. The van der Waals surface area contributed by atoms with E-state index in [9.17, 15) is 9.18 Å². The standard InChI is InChI=1S/C12H13FN4O/c1-8-9(7-17(2)16-8)6-15-12(18)10-4-3-5-14-11(10)13/h3-5,7H,6H2,1-2H3,(H,15,18). The Bertz CT molecular complexity index is 579. The number of aromatic nitrogens is 3. The fourth-order valence-corrected chi connectivity index (χ4v) is 1.65. The maximum Gasteiger partial charge on any atom is 0.256 e. The Morgan fingerprint density at radius 2 is 2.33 bits per heavy atom. The highest BCUT2D eigenvalue weighted by atomic mass is 19.1. The minimum Gasteiger partial charge on any atom is -0.348 e. The third-order valence-corrected chi connectivity index (χ3v) is 2.56. The van der Waals surface area contributed by atoms with E-state index < -0.39 is 11.9 Å². The molecule has 0 radical (unpaired) electrons. The fourth-order valence-electron chi connectivity index (χ4n) is 1.65. The summed E-state index contributed by atoms with van der Waals surface area (Å²) in [6, 6.07) is 2.92. The normalized spacial score (nSPS) is 10.4. The van der Waals surface area contributed by atoms with Gasteiger partial charge in [-0.1, -0.05) is 0 Å². The predicted molar refractivity (Wildman–Crippen MR) is 63.3 cm³/mol. The zero-order chi connectivity index (χ0) is 13.1. The van der Waals surface area contributed by atoms with Crippen LogP contribution in [0.5, 0.6) is 0 Å². The largest absolute Gasteiger partial charge is 0.348 e. The third kappa shape index (κ3) is 2.53. The van der Waals surface area contributed by atoms with Gasteiger partial charge in [-0.3, -0.25) is 9.48 Å². The van der Waals surface area contributed by atoms with Crippen LogP contribution in [0.15, 0.2) is 24.5 Å². The van der Waals surface area contributed by atoms with Gasteiger partial charge in [0, 0.05) is 31.5 Å². The van der Waals surface area contributed by atoms with Gasteiger partial charge in [-0.05, 0) is 19.1 Å². The van der Waals surface area contributed by atoms with Gasteiger partial charge in [-0.25, -0.2) is 4.98 Å². The molecule has 0 fully saturated rings. The number of amides is 1. The average molecular weight is 248 g/mol. The summed E-state index contributed by atoms with van der Waals surface area (Å²) >= 11 is 0. The molecular weight excluding hydrogens is 235 g/mol. The number of pyridine rings is 1. The lowest BCUT2D eigenvalue weighted by molar-refractivity contribution is 0.0946. The molecule has 0 aliphatic heterocycles. The summed E-state index contributed by atoms with van der Waals surface area (Å²) in [6.45, 7) is 2.17. The second-order valence-corrected chi connectivity index (χ2v) is 3.94. The van der Waals surface area contributed by atoms with E-state index in [4.69, 9.17) is 0 Å². The molecule has 0 bridgehead atoms. The van der Waals surface area contributed by atoms with Crippen molar-refractivity contribution in [1.82, 2.24) is 20.1 Å². The molecule has 0 atom stereocenters. The van der Waals surface area contributed by atoms with Crippen LogP contribution in [0, 0.1) is 12.9 Å². The van der Waals surface area contributed by atoms with Crippen LogP contribution in [0.2, 0.25) is 0 Å². The number of halogens is 1. The van der Waals surface area contributed by atoms with Gasteiger partial charge in [0.15, 0.2) is 0 Å². The molecule has 6 heteroatoms. The zero-order valence-corrected chi connectivity index (χ0v) is 10.1. The number of carbonyl (C=O) groups excluding carboxylic acids is 1. The highest BCUT2D eigenvalue weighted by molar-refractivity contribution is 5.94. The van der Waals surface area contributed by atoms with Crippen LogP contribution in [0.4, 0.5) is 4.39 Å². The monoisotopic (exact) mass is 248 g/mol. The van der Waals surface area contributed by atoms with E-state index in [0.717, 1.165) is 11.3 Å². The van der Waals surface area contributed by atoms with Crippen molar-refractivity contribution in [3.8, 4) is 0 Å². The molecule has 2 heterocycles. The number of nitrogens with one attached hydrogen (secondary N) is 1. The van der Waals surface area contributed by atoms with Gasteiger partial charge in [0.1, 0.15) is 0 Å². The lowest BCUT2D eigenvalue weighted by atomic mass is 10.2. The molecule has 0 aliphatic carbocycles. The molecular formula is C12H13FN4O. The first kappa shape index (κ1) is 12.2. The summed E-state index contributed by atoms with van der Waals surface area (Å²) in [7, 11) is 1.80. The smallest absolute Gasteiger partial charge is 0.256 e. The van der Waals surface area contributed by atoms with Crippen LogP contribution in [-0.2, 0) is 13.6 Å². The van der Waals surface area contributed by atoms with Gasteiger partial charge < -0.3 is 5.32 Å². The number of aryl methyl sites for hydroxylation is 2. The van der Waals surface area contributed by atoms with Gasteiger partial charge in [-0.2, -0.15) is 9.49 Å². The van der Waals surface area contributed by atoms with Gasteiger partial charge in [0.25, 0.3) is 5.91 Å². The Morgan fingerprint density at radius 1 is 1.56 bits per heavy atom. The lowest BCUT2D eigenvalue weighted by Gasteiger charge is -2.04. The van der Waals surface area contributed by atoms with E-state index in [1.54, 1.807) is 11.7 Å². The van der Waals surface area contributed by atoms with Crippen molar-refractivity contribution in [2.45, 2.75) is 13.5 Å². The molecule has 2 aromatic heterocycles. The molecule has 94 valence electrons. The minimum atomic E-state index is -0.766. The highest BCUT2D eigenvalue weighted by Gasteiger charge is 2.12. The van der Waals surface area contributed by atoms with E-state index in [0.29, 0.717) is 6.54 Å². The van der Waals surface area contributed by atoms with E-state index in [-0.39, 0.29) is 5.56 Å². The van der Waals surface area contributed by atoms with Gasteiger partial charge in [0.2, 0.25) is 5.95 Å². The Balaban J connectivity index is 2.05. The molecule has 0 saturated carbocycles. The first-order valence-corrected chi connectivity index (χ1v) is 5.46. The Labute approximate surface area is 104 Å². The number of hydrogen-bond acceptors (Lipinski definition) is 3. The summed E-state index contributed by atoms with van der Waals surface area (Å²) in [4.78, 5) is 15.2. The summed E-state index contributed by atoms with van der Waals surface area (Å²) in [6.07, 6.45) is 3.12. The van der Waals surface area contributed by atoms with Crippen molar-refractivity contribution in [3.05, 3.63) is 47.3 Å². The molecule has 0 unspecified atom stereocenters. The predicted octanol–water partition coefficient (Wildman–Crippen LogP) is 1.19. The first-order chi connectivity index (χ1) is 8.58. The van der Waals surface area contributed by atoms with Crippen LogP contribution in [0.25, 0.3) is 0 Å². The van der Waals surface area contributed by atoms with E-state index in [2.05, 4.69) is 15.4 Å². The van der Waals surface area contributed by atoms with Crippen molar-refractivity contribution in [2.75, 3.05) is 0 Å². The first-order valence-electron chi connectivity index (χ1n) is 5.46. The van der Waals surface area contributed by atoms with Crippen LogP contribution in [0.3, 0.4) is 0 Å². The second kappa shape index (κ2) is 4.95. The molecule has 1 N–H and O–H groups in total. The molecule has 0 saturated heterocycles. The second-order valence-electron chi connectivity index (χ2n) is 3.94. The SMILES string of the molecule is Cc1nn(C)cc1CNC(=O)c1cccnc1F. The summed E-state index contributed by atoms with van der Waals surface area (Å²) in [5.41, 5.74) is 1.68. The van der Waals surface area contributed by atoms with Crippen molar-refractivity contribution in [2.24, 2.45) is 7.05 Å². The van der Waals surface area contributed by atoms with E-state index >= 15 is 0 Å². The minimum absolute atomic E-state index is 0.0564. The molecule has 2 aromatic rings. The van der Waals surface area contributed by atoms with Crippen molar-refractivity contribution in [1.29, 1.82) is 0 Å². The molecule has 0 spiro atoms. The van der Waals surface area contributed by atoms with Gasteiger partial charge >= 0.3 is 0 Å². The molecule has 2 rings (SSSR count).